The number of unbranched alkanes of at least 4 members (excludes halogenated alkanes) is 23. The molecule has 0 aromatic rings. The van der Waals surface area contributed by atoms with Gasteiger partial charge < -0.3 is 89.9 Å². The summed E-state index contributed by atoms with van der Waals surface area (Å²) in [6, 6.07) is -1.00. The van der Waals surface area contributed by atoms with Gasteiger partial charge in [-0.2, -0.15) is 0 Å². The van der Waals surface area contributed by atoms with Crippen LogP contribution >= 0.6 is 0 Å². The molecule has 19 nitrogen and oxygen atoms in total. The van der Waals surface area contributed by atoms with Crippen LogP contribution in [-0.4, -0.2) is 193 Å². The summed E-state index contributed by atoms with van der Waals surface area (Å²) in [6.45, 7) is 1.59. The number of aliphatic hydroxyl groups excluding tert-OH is 11. The summed E-state index contributed by atoms with van der Waals surface area (Å²) in [7, 11) is 0. The van der Waals surface area contributed by atoms with E-state index in [0.717, 1.165) is 116 Å². The molecule has 0 bridgehead atoms. The highest BCUT2D eigenvalue weighted by atomic mass is 16.8. The third-order valence-electron chi connectivity index (χ3n) is 18.0. The Kier molecular flexibility index (Phi) is 52.9. The molecule has 3 saturated heterocycles. The molecule has 0 aromatic carbocycles. The molecule has 3 aliphatic rings. The highest BCUT2D eigenvalue weighted by Crippen LogP contribution is 2.33. The second-order valence-electron chi connectivity index (χ2n) is 26.4. The number of nitrogens with one attached hydrogen (secondary N) is 1. The number of allylic oxidation sites excluding steroid dienone is 19. The van der Waals surface area contributed by atoms with Crippen LogP contribution < -0.4 is 5.32 Å². The number of carbonyl (C=O) groups excluding carboxylic acids is 1. The van der Waals surface area contributed by atoms with Crippen molar-refractivity contribution in [1.82, 2.24) is 5.32 Å². The molecular formula is C79H133NO18. The molecule has 12 N–H and O–H groups in total. The highest BCUT2D eigenvalue weighted by Gasteiger charge is 2.53. The summed E-state index contributed by atoms with van der Waals surface area (Å²) in [4.78, 5) is 13.4. The predicted molar refractivity (Wildman–Crippen MR) is 387 cm³/mol. The van der Waals surface area contributed by atoms with Gasteiger partial charge in [-0.25, -0.2) is 0 Å². The fourth-order valence-electron chi connectivity index (χ4n) is 11.9. The highest BCUT2D eigenvalue weighted by molar-refractivity contribution is 5.76. The van der Waals surface area contributed by atoms with Gasteiger partial charge in [-0.1, -0.05) is 257 Å². The molecule has 3 rings (SSSR count). The van der Waals surface area contributed by atoms with Gasteiger partial charge in [0, 0.05) is 6.42 Å². The maximum Gasteiger partial charge on any atom is 0.220 e. The van der Waals surface area contributed by atoms with Crippen LogP contribution in [0.3, 0.4) is 0 Å². The summed E-state index contributed by atoms with van der Waals surface area (Å²) in [5.41, 5.74) is 0. The lowest BCUT2D eigenvalue weighted by molar-refractivity contribution is -0.379. The first-order valence-electron chi connectivity index (χ1n) is 37.8. The van der Waals surface area contributed by atoms with Crippen molar-refractivity contribution < 1.29 is 89.4 Å². The largest absolute Gasteiger partial charge is 0.394 e. The molecular weight excluding hydrogens is 1250 g/mol. The number of aliphatic hydroxyl groups is 11. The fourth-order valence-corrected chi connectivity index (χ4v) is 11.9. The van der Waals surface area contributed by atoms with Crippen molar-refractivity contribution in [3.8, 4) is 0 Å². The third kappa shape index (κ3) is 39.0. The molecule has 17 atom stereocenters. The van der Waals surface area contributed by atoms with Crippen LogP contribution in [0.15, 0.2) is 122 Å². The Morgan fingerprint density at radius 1 is 0.378 bits per heavy atom. The molecule has 0 saturated carbocycles. The Balaban J connectivity index is 1.41. The first-order chi connectivity index (χ1) is 47.8. The number of hydrogen-bond donors (Lipinski definition) is 12. The molecule has 562 valence electrons. The second kappa shape index (κ2) is 58.7. The van der Waals surface area contributed by atoms with Gasteiger partial charge in [-0.15, -0.1) is 0 Å². The molecule has 0 radical (unpaired) electrons. The Morgan fingerprint density at radius 3 is 1.14 bits per heavy atom. The van der Waals surface area contributed by atoms with Crippen molar-refractivity contribution in [1.29, 1.82) is 0 Å². The molecule has 0 aliphatic carbocycles. The minimum Gasteiger partial charge on any atom is -0.394 e. The standard InChI is InChI=1S/C79H133NO18/c1-3-5-7-9-11-13-15-17-19-21-23-25-26-27-28-29-30-31-32-33-34-35-36-37-39-41-43-45-47-49-51-53-55-57-67(85)80-62(63(84)56-54-52-50-48-46-44-42-40-38-24-22-20-18-16-14-12-10-8-6-4-2)61-93-77-73(91)70(88)75(65(59-82)95-77)98-79-74(92)71(89)76(66(60-83)96-79)97-78-72(90)69(87)68(86)64(58-81)94-78/h5,7,11,13,17,19,23,25,27-28,30-31,33-34,36-37,46,48,54,56,62-66,68-79,81-84,86-92H,3-4,6,8-10,12,14-16,18,20-22,24,26,29,32,35,38-45,47,49-53,55,57-61H2,1-2H3,(H,80,85)/b7-5-,13-11-,19-17-,25-23-,28-27-,31-30-,34-33-,37-36-,48-46+,56-54+. The zero-order valence-corrected chi connectivity index (χ0v) is 59.7. The van der Waals surface area contributed by atoms with E-state index in [1.807, 2.05) is 6.08 Å². The Bertz CT molecular complexity index is 2250. The van der Waals surface area contributed by atoms with E-state index >= 15 is 0 Å². The van der Waals surface area contributed by atoms with E-state index in [4.69, 9.17) is 28.4 Å². The minimum absolute atomic E-state index is 0.218. The van der Waals surface area contributed by atoms with Crippen LogP contribution in [-0.2, 0) is 33.2 Å². The average molecular weight is 1380 g/mol. The first-order valence-corrected chi connectivity index (χ1v) is 37.8. The van der Waals surface area contributed by atoms with E-state index in [0.29, 0.717) is 12.8 Å². The van der Waals surface area contributed by atoms with E-state index in [2.05, 4.69) is 129 Å². The molecule has 98 heavy (non-hydrogen) atoms. The molecule has 17 unspecified atom stereocenters. The average Bonchev–Trinajstić information content (AvgIpc) is 0.782. The topological polar surface area (TPSA) is 307 Å². The maximum absolute atomic E-state index is 13.4. The summed E-state index contributed by atoms with van der Waals surface area (Å²) in [5, 5.41) is 121. The van der Waals surface area contributed by atoms with Crippen LogP contribution in [0.2, 0.25) is 0 Å². The number of amides is 1. The van der Waals surface area contributed by atoms with Gasteiger partial charge in [-0.3, -0.25) is 4.79 Å². The third-order valence-corrected chi connectivity index (χ3v) is 18.0. The van der Waals surface area contributed by atoms with E-state index in [9.17, 15) is 61.0 Å². The van der Waals surface area contributed by atoms with E-state index in [-0.39, 0.29) is 18.9 Å². The van der Waals surface area contributed by atoms with Gasteiger partial charge in [0.05, 0.1) is 38.6 Å². The Hall–Kier alpha value is -3.81. The van der Waals surface area contributed by atoms with Gasteiger partial charge in [0.1, 0.15) is 73.2 Å². The minimum atomic E-state index is -1.99. The zero-order chi connectivity index (χ0) is 71.1. The lowest BCUT2D eigenvalue weighted by Gasteiger charge is -2.48. The van der Waals surface area contributed by atoms with Gasteiger partial charge in [-0.05, 0) is 96.3 Å². The van der Waals surface area contributed by atoms with E-state index in [1.165, 1.54) is 89.9 Å². The summed E-state index contributed by atoms with van der Waals surface area (Å²) < 4.78 is 34.4. The van der Waals surface area contributed by atoms with Gasteiger partial charge in [0.25, 0.3) is 0 Å². The summed E-state index contributed by atoms with van der Waals surface area (Å²) in [5.74, 6) is -0.298. The van der Waals surface area contributed by atoms with Gasteiger partial charge >= 0.3 is 0 Å². The van der Waals surface area contributed by atoms with Gasteiger partial charge in [0.15, 0.2) is 18.9 Å². The van der Waals surface area contributed by atoms with E-state index in [1.54, 1.807) is 6.08 Å². The van der Waals surface area contributed by atoms with Crippen LogP contribution in [0.4, 0.5) is 0 Å². The number of ether oxygens (including phenoxy) is 6. The van der Waals surface area contributed by atoms with Crippen molar-refractivity contribution in [2.24, 2.45) is 0 Å². The van der Waals surface area contributed by atoms with Crippen LogP contribution in [0.25, 0.3) is 0 Å². The Morgan fingerprint density at radius 2 is 0.714 bits per heavy atom. The smallest absolute Gasteiger partial charge is 0.220 e. The SMILES string of the molecule is CC/C=C\C/C=C\C/C=C\C/C=C\C/C=C\C/C=C\C/C=C\C/C=C\CCCCCCCCCCC(=O)NC(COC1OC(CO)C(OC2OC(CO)C(OC3OC(CO)C(O)C(O)C3O)C(O)C2O)C(O)C1O)C(O)/C=C/CC/C=C/CCCCCCCCCCCCCCCC. The molecule has 0 aromatic heterocycles. The lowest BCUT2D eigenvalue weighted by Crippen LogP contribution is -2.66. The second-order valence-corrected chi connectivity index (χ2v) is 26.4. The molecule has 3 heterocycles. The quantitative estimate of drug-likeness (QED) is 0.0199. The fraction of sp³-hybridized carbons (Fsp3) is 0.734. The van der Waals surface area contributed by atoms with Crippen LogP contribution in [0.5, 0.6) is 0 Å². The summed E-state index contributed by atoms with van der Waals surface area (Å²) >= 11 is 0. The first kappa shape index (κ1) is 88.4. The van der Waals surface area contributed by atoms with Crippen molar-refractivity contribution in [2.45, 2.75) is 343 Å². The van der Waals surface area contributed by atoms with E-state index < -0.39 is 124 Å². The molecule has 0 spiro atoms. The Labute approximate surface area is 588 Å². The maximum atomic E-state index is 13.4. The number of hydrogen-bond acceptors (Lipinski definition) is 18. The summed E-state index contributed by atoms with van der Waals surface area (Å²) in [6.07, 6.45) is 54.5. The molecule has 19 heteroatoms. The van der Waals surface area contributed by atoms with Crippen molar-refractivity contribution in [3.63, 3.8) is 0 Å². The number of carbonyl (C=O) groups is 1. The zero-order valence-electron chi connectivity index (χ0n) is 59.7. The molecule has 3 fully saturated rings. The van der Waals surface area contributed by atoms with Crippen molar-refractivity contribution in [3.05, 3.63) is 122 Å². The monoisotopic (exact) mass is 1380 g/mol. The van der Waals surface area contributed by atoms with Gasteiger partial charge in [0.2, 0.25) is 5.91 Å². The molecule has 1 amide bonds. The van der Waals surface area contributed by atoms with Crippen molar-refractivity contribution >= 4 is 5.91 Å². The normalized spacial score (nSPS) is 27.5. The molecule has 3 aliphatic heterocycles. The van der Waals surface area contributed by atoms with Crippen LogP contribution in [0, 0.1) is 0 Å². The predicted octanol–water partition coefficient (Wildman–Crippen LogP) is 11.6. The van der Waals surface area contributed by atoms with Crippen LogP contribution in [0.1, 0.15) is 239 Å². The van der Waals surface area contributed by atoms with Crippen molar-refractivity contribution in [2.75, 3.05) is 26.4 Å². The number of rotatable bonds is 57. The lowest BCUT2D eigenvalue weighted by atomic mass is 9.96.